The Balaban J connectivity index is 2.42. The van der Waals surface area contributed by atoms with Crippen LogP contribution in [0, 0.1) is 0 Å². The van der Waals surface area contributed by atoms with E-state index < -0.39 is 0 Å². The topological polar surface area (TPSA) is 61.0 Å². The van der Waals surface area contributed by atoms with Gasteiger partial charge in [0.25, 0.3) is 0 Å². The van der Waals surface area contributed by atoms with E-state index in [0.717, 1.165) is 29.5 Å². The molecule has 1 unspecified atom stereocenters. The summed E-state index contributed by atoms with van der Waals surface area (Å²) in [6.07, 6.45) is 1.92. The molecule has 1 rings (SSSR count). The van der Waals surface area contributed by atoms with E-state index in [2.05, 4.69) is 17.1 Å². The number of ether oxygens (including phenoxy) is 1. The molecule has 0 bridgehead atoms. The standard InChI is InChI=1S/C9H17N3OS/c1-3-5-13-6-8-11-12-9(14-8)7(10)4-2/h7H,3-6,10H2,1-2H3. The first-order valence-electron chi connectivity index (χ1n) is 4.93. The highest BCUT2D eigenvalue weighted by molar-refractivity contribution is 7.11. The molecular formula is C9H17N3OS. The van der Waals surface area contributed by atoms with Gasteiger partial charge in [-0.05, 0) is 12.8 Å². The summed E-state index contributed by atoms with van der Waals surface area (Å²) < 4.78 is 5.36. The van der Waals surface area contributed by atoms with Crippen molar-refractivity contribution in [1.82, 2.24) is 10.2 Å². The molecule has 0 aliphatic rings. The number of aromatic nitrogens is 2. The van der Waals surface area contributed by atoms with Crippen LogP contribution in [0.5, 0.6) is 0 Å². The molecule has 1 heterocycles. The molecule has 0 amide bonds. The van der Waals surface area contributed by atoms with Crippen LogP contribution in [0.2, 0.25) is 0 Å². The van der Waals surface area contributed by atoms with Gasteiger partial charge >= 0.3 is 0 Å². The quantitative estimate of drug-likeness (QED) is 0.736. The summed E-state index contributed by atoms with van der Waals surface area (Å²) in [6, 6.07) is 0.0208. The second-order valence-corrected chi connectivity index (χ2v) is 4.20. The Labute approximate surface area is 88.5 Å². The van der Waals surface area contributed by atoms with Gasteiger partial charge in [-0.1, -0.05) is 25.2 Å². The van der Waals surface area contributed by atoms with Crippen molar-refractivity contribution in [2.45, 2.75) is 39.3 Å². The molecule has 0 saturated carbocycles. The second-order valence-electron chi connectivity index (χ2n) is 3.10. The molecule has 4 nitrogen and oxygen atoms in total. The molecule has 1 atom stereocenters. The summed E-state index contributed by atoms with van der Waals surface area (Å²) in [5, 5.41) is 9.87. The average molecular weight is 215 g/mol. The largest absolute Gasteiger partial charge is 0.374 e. The van der Waals surface area contributed by atoms with Gasteiger partial charge in [-0.25, -0.2) is 0 Å². The number of rotatable bonds is 6. The Bertz CT molecular complexity index is 264. The Morgan fingerprint density at radius 2 is 2.21 bits per heavy atom. The monoisotopic (exact) mass is 215 g/mol. The summed E-state index contributed by atoms with van der Waals surface area (Å²) in [6.45, 7) is 5.45. The Morgan fingerprint density at radius 3 is 2.86 bits per heavy atom. The van der Waals surface area contributed by atoms with Gasteiger partial charge in [-0.3, -0.25) is 0 Å². The molecule has 0 radical (unpaired) electrons. The second kappa shape index (κ2) is 6.06. The number of nitrogens with zero attached hydrogens (tertiary/aromatic N) is 2. The van der Waals surface area contributed by atoms with Gasteiger partial charge < -0.3 is 10.5 Å². The minimum absolute atomic E-state index is 0.0208. The normalized spacial score (nSPS) is 13.1. The molecule has 0 aromatic carbocycles. The average Bonchev–Trinajstić information content (AvgIpc) is 2.66. The Kier molecular flexibility index (Phi) is 5.00. The number of hydrogen-bond acceptors (Lipinski definition) is 5. The highest BCUT2D eigenvalue weighted by atomic mass is 32.1. The predicted molar refractivity (Wildman–Crippen MR) is 57.1 cm³/mol. The lowest BCUT2D eigenvalue weighted by Gasteiger charge is -2.00. The predicted octanol–water partition coefficient (Wildman–Crippen LogP) is 1.87. The molecule has 0 fully saturated rings. The van der Waals surface area contributed by atoms with Gasteiger partial charge in [0.1, 0.15) is 16.6 Å². The van der Waals surface area contributed by atoms with Crippen LogP contribution in [0.3, 0.4) is 0 Å². The minimum atomic E-state index is 0.0208. The van der Waals surface area contributed by atoms with Crippen molar-refractivity contribution in [2.24, 2.45) is 5.73 Å². The lowest BCUT2D eigenvalue weighted by molar-refractivity contribution is 0.121. The van der Waals surface area contributed by atoms with Crippen molar-refractivity contribution in [1.29, 1.82) is 0 Å². The molecule has 0 aliphatic heterocycles. The first-order valence-corrected chi connectivity index (χ1v) is 5.75. The molecule has 5 heteroatoms. The van der Waals surface area contributed by atoms with Crippen LogP contribution in [0.25, 0.3) is 0 Å². The fourth-order valence-corrected chi connectivity index (χ4v) is 1.82. The lowest BCUT2D eigenvalue weighted by Crippen LogP contribution is -2.07. The van der Waals surface area contributed by atoms with Crippen molar-refractivity contribution in [3.63, 3.8) is 0 Å². The van der Waals surface area contributed by atoms with Gasteiger partial charge in [0.2, 0.25) is 0 Å². The number of nitrogens with two attached hydrogens (primary N) is 1. The first kappa shape index (κ1) is 11.6. The van der Waals surface area contributed by atoms with Gasteiger partial charge in [-0.2, -0.15) is 0 Å². The highest BCUT2D eigenvalue weighted by Crippen LogP contribution is 2.18. The first-order chi connectivity index (χ1) is 6.77. The zero-order valence-electron chi connectivity index (χ0n) is 8.69. The maximum atomic E-state index is 5.83. The van der Waals surface area contributed by atoms with E-state index in [-0.39, 0.29) is 6.04 Å². The molecule has 0 spiro atoms. The molecule has 0 aliphatic carbocycles. The SMILES string of the molecule is CCCOCc1nnc(C(N)CC)s1. The molecule has 80 valence electrons. The van der Waals surface area contributed by atoms with E-state index >= 15 is 0 Å². The molecule has 1 aromatic heterocycles. The van der Waals surface area contributed by atoms with Crippen molar-refractivity contribution >= 4 is 11.3 Å². The molecule has 0 saturated heterocycles. The van der Waals surface area contributed by atoms with Gasteiger partial charge in [0.05, 0.1) is 6.04 Å². The minimum Gasteiger partial charge on any atom is -0.374 e. The zero-order chi connectivity index (χ0) is 10.4. The van der Waals surface area contributed by atoms with E-state index in [1.54, 1.807) is 11.3 Å². The molecule has 2 N–H and O–H groups in total. The zero-order valence-corrected chi connectivity index (χ0v) is 9.51. The summed E-state index contributed by atoms with van der Waals surface area (Å²) in [5.41, 5.74) is 5.83. The molecule has 14 heavy (non-hydrogen) atoms. The highest BCUT2D eigenvalue weighted by Gasteiger charge is 2.10. The van der Waals surface area contributed by atoms with Gasteiger partial charge in [-0.15, -0.1) is 10.2 Å². The van der Waals surface area contributed by atoms with Crippen LogP contribution >= 0.6 is 11.3 Å². The maximum Gasteiger partial charge on any atom is 0.143 e. The van der Waals surface area contributed by atoms with Crippen molar-refractivity contribution in [2.75, 3.05) is 6.61 Å². The molecular weight excluding hydrogens is 198 g/mol. The van der Waals surface area contributed by atoms with Crippen LogP contribution in [0.1, 0.15) is 42.7 Å². The van der Waals surface area contributed by atoms with Crippen molar-refractivity contribution < 1.29 is 4.74 Å². The van der Waals surface area contributed by atoms with Crippen LogP contribution in [-0.2, 0) is 11.3 Å². The maximum absolute atomic E-state index is 5.83. The van der Waals surface area contributed by atoms with Crippen molar-refractivity contribution in [3.05, 3.63) is 10.0 Å². The summed E-state index contributed by atoms with van der Waals surface area (Å²) in [7, 11) is 0. The van der Waals surface area contributed by atoms with Crippen LogP contribution in [-0.4, -0.2) is 16.8 Å². The molecule has 1 aromatic rings. The van der Waals surface area contributed by atoms with Crippen LogP contribution in [0.4, 0.5) is 0 Å². The van der Waals surface area contributed by atoms with Crippen LogP contribution in [0.15, 0.2) is 0 Å². The van der Waals surface area contributed by atoms with E-state index in [1.165, 1.54) is 0 Å². The van der Waals surface area contributed by atoms with Crippen molar-refractivity contribution in [3.8, 4) is 0 Å². The Hall–Kier alpha value is -0.520. The van der Waals surface area contributed by atoms with Gasteiger partial charge in [0.15, 0.2) is 0 Å². The third kappa shape index (κ3) is 3.32. The summed E-state index contributed by atoms with van der Waals surface area (Å²) in [5.74, 6) is 0. The van der Waals surface area contributed by atoms with Gasteiger partial charge in [0, 0.05) is 6.61 Å². The van der Waals surface area contributed by atoms with E-state index in [1.807, 2.05) is 6.92 Å². The third-order valence-electron chi connectivity index (χ3n) is 1.81. The smallest absolute Gasteiger partial charge is 0.143 e. The number of hydrogen-bond donors (Lipinski definition) is 1. The summed E-state index contributed by atoms with van der Waals surface area (Å²) >= 11 is 1.54. The van der Waals surface area contributed by atoms with E-state index in [9.17, 15) is 0 Å². The van der Waals surface area contributed by atoms with Crippen LogP contribution < -0.4 is 5.73 Å². The Morgan fingerprint density at radius 1 is 1.43 bits per heavy atom. The lowest BCUT2D eigenvalue weighted by atomic mass is 10.3. The fourth-order valence-electron chi connectivity index (χ4n) is 0.953. The summed E-state index contributed by atoms with van der Waals surface area (Å²) in [4.78, 5) is 0. The fraction of sp³-hybridized carbons (Fsp3) is 0.778. The van der Waals surface area contributed by atoms with E-state index in [0.29, 0.717) is 6.61 Å². The third-order valence-corrected chi connectivity index (χ3v) is 2.84. The van der Waals surface area contributed by atoms with E-state index in [4.69, 9.17) is 10.5 Å².